The molecule has 21 heavy (non-hydrogen) atoms. The molecular formula is C15H9BrCl2O3. The Balaban J connectivity index is 2.05. The second-order valence-corrected chi connectivity index (χ2v) is 6.13. The summed E-state index contributed by atoms with van der Waals surface area (Å²) in [6.07, 6.45) is 0. The summed E-state index contributed by atoms with van der Waals surface area (Å²) in [7, 11) is 0. The largest absolute Gasteiger partial charge is 0.486 e. The van der Waals surface area contributed by atoms with E-state index in [1.165, 1.54) is 0 Å². The molecule has 1 heterocycles. The first-order valence-electron chi connectivity index (χ1n) is 6.15. The standard InChI is InChI=1S/C15H9BrCl2O3/c16-11-7-14-13(20-3-4-21-14)6-10(11)15(19)9-2-1-8(17)5-12(9)18/h1-2,5-7H,3-4H2. The number of rotatable bonds is 2. The minimum absolute atomic E-state index is 0.208. The molecule has 0 radical (unpaired) electrons. The van der Waals surface area contributed by atoms with Crippen LogP contribution in [0.1, 0.15) is 15.9 Å². The van der Waals surface area contributed by atoms with E-state index in [0.29, 0.717) is 50.4 Å². The summed E-state index contributed by atoms with van der Waals surface area (Å²) in [6, 6.07) is 8.17. The van der Waals surface area contributed by atoms with E-state index in [0.717, 1.165) is 0 Å². The summed E-state index contributed by atoms with van der Waals surface area (Å²) >= 11 is 15.3. The van der Waals surface area contributed by atoms with Crippen molar-refractivity contribution >= 4 is 44.9 Å². The molecule has 0 saturated heterocycles. The molecule has 1 aliphatic heterocycles. The van der Waals surface area contributed by atoms with Crippen LogP contribution < -0.4 is 9.47 Å². The van der Waals surface area contributed by atoms with Gasteiger partial charge in [0, 0.05) is 20.6 Å². The molecule has 0 aliphatic carbocycles. The highest BCUT2D eigenvalue weighted by Crippen LogP contribution is 2.37. The Hall–Kier alpha value is -1.23. The number of fused-ring (bicyclic) bond motifs is 1. The van der Waals surface area contributed by atoms with E-state index >= 15 is 0 Å². The van der Waals surface area contributed by atoms with Gasteiger partial charge in [-0.05, 0) is 46.3 Å². The van der Waals surface area contributed by atoms with Crippen LogP contribution in [-0.4, -0.2) is 19.0 Å². The highest BCUT2D eigenvalue weighted by molar-refractivity contribution is 9.10. The van der Waals surface area contributed by atoms with Crippen molar-refractivity contribution < 1.29 is 14.3 Å². The molecule has 6 heteroatoms. The van der Waals surface area contributed by atoms with Crippen LogP contribution in [0.2, 0.25) is 10.0 Å². The van der Waals surface area contributed by atoms with Crippen LogP contribution in [0, 0.1) is 0 Å². The van der Waals surface area contributed by atoms with E-state index in [-0.39, 0.29) is 5.78 Å². The Bertz CT molecular complexity index is 731. The Kier molecular flexibility index (Phi) is 4.11. The number of ether oxygens (including phenoxy) is 2. The highest BCUT2D eigenvalue weighted by Gasteiger charge is 2.21. The van der Waals surface area contributed by atoms with Crippen molar-refractivity contribution in [2.24, 2.45) is 0 Å². The van der Waals surface area contributed by atoms with E-state index in [9.17, 15) is 4.79 Å². The van der Waals surface area contributed by atoms with Crippen LogP contribution in [0.15, 0.2) is 34.8 Å². The minimum atomic E-state index is -0.208. The normalized spacial score (nSPS) is 13.1. The Morgan fingerprint density at radius 2 is 1.67 bits per heavy atom. The van der Waals surface area contributed by atoms with Gasteiger partial charge in [-0.1, -0.05) is 23.2 Å². The fraction of sp³-hybridized carbons (Fsp3) is 0.133. The zero-order valence-corrected chi connectivity index (χ0v) is 13.8. The van der Waals surface area contributed by atoms with Gasteiger partial charge in [0.15, 0.2) is 17.3 Å². The van der Waals surface area contributed by atoms with Gasteiger partial charge in [-0.15, -0.1) is 0 Å². The Morgan fingerprint density at radius 3 is 2.33 bits per heavy atom. The van der Waals surface area contributed by atoms with Gasteiger partial charge in [0.25, 0.3) is 0 Å². The van der Waals surface area contributed by atoms with Gasteiger partial charge >= 0.3 is 0 Å². The lowest BCUT2D eigenvalue weighted by Crippen LogP contribution is -2.16. The fourth-order valence-corrected chi connectivity index (χ4v) is 3.05. The number of hydrogen-bond donors (Lipinski definition) is 0. The van der Waals surface area contributed by atoms with E-state index in [1.54, 1.807) is 30.3 Å². The maximum absolute atomic E-state index is 12.6. The van der Waals surface area contributed by atoms with Crippen molar-refractivity contribution in [1.82, 2.24) is 0 Å². The van der Waals surface area contributed by atoms with E-state index in [2.05, 4.69) is 15.9 Å². The summed E-state index contributed by atoms with van der Waals surface area (Å²) in [5.41, 5.74) is 0.849. The highest BCUT2D eigenvalue weighted by atomic mass is 79.9. The number of carbonyl (C=O) groups excluding carboxylic acids is 1. The smallest absolute Gasteiger partial charge is 0.195 e. The van der Waals surface area contributed by atoms with E-state index in [1.807, 2.05) is 0 Å². The molecular weight excluding hydrogens is 379 g/mol. The molecule has 0 amide bonds. The summed E-state index contributed by atoms with van der Waals surface area (Å²) in [5.74, 6) is 0.963. The summed E-state index contributed by atoms with van der Waals surface area (Å²) in [6.45, 7) is 0.958. The number of hydrogen-bond acceptors (Lipinski definition) is 3. The molecule has 2 aromatic rings. The van der Waals surface area contributed by atoms with Gasteiger partial charge < -0.3 is 9.47 Å². The van der Waals surface area contributed by atoms with Crippen LogP contribution in [-0.2, 0) is 0 Å². The first kappa shape index (κ1) is 14.7. The summed E-state index contributed by atoms with van der Waals surface area (Å²) in [5, 5.41) is 0.798. The monoisotopic (exact) mass is 386 g/mol. The number of carbonyl (C=O) groups is 1. The summed E-state index contributed by atoms with van der Waals surface area (Å²) in [4.78, 5) is 12.6. The molecule has 0 unspecified atom stereocenters. The van der Waals surface area contributed by atoms with Crippen LogP contribution >= 0.6 is 39.1 Å². The predicted octanol–water partition coefficient (Wildman–Crippen LogP) is 4.76. The third-order valence-electron chi connectivity index (χ3n) is 3.05. The van der Waals surface area contributed by atoms with Crippen molar-refractivity contribution in [3.8, 4) is 11.5 Å². The first-order chi connectivity index (χ1) is 10.1. The zero-order valence-electron chi connectivity index (χ0n) is 10.7. The minimum Gasteiger partial charge on any atom is -0.486 e. The molecule has 3 rings (SSSR count). The van der Waals surface area contributed by atoms with Gasteiger partial charge in [-0.2, -0.15) is 0 Å². The van der Waals surface area contributed by atoms with Crippen molar-refractivity contribution in [1.29, 1.82) is 0 Å². The topological polar surface area (TPSA) is 35.5 Å². The Morgan fingerprint density at radius 1 is 1.00 bits per heavy atom. The summed E-state index contributed by atoms with van der Waals surface area (Å²) < 4.78 is 11.6. The molecule has 0 atom stereocenters. The van der Waals surface area contributed by atoms with Crippen LogP contribution in [0.5, 0.6) is 11.5 Å². The molecule has 0 spiro atoms. The SMILES string of the molecule is O=C(c1ccc(Cl)cc1Cl)c1cc2c(cc1Br)OCCO2. The third kappa shape index (κ3) is 2.89. The maximum Gasteiger partial charge on any atom is 0.195 e. The van der Waals surface area contributed by atoms with Gasteiger partial charge in [0.2, 0.25) is 0 Å². The average Bonchev–Trinajstić information content (AvgIpc) is 2.46. The molecule has 3 nitrogen and oxygen atoms in total. The van der Waals surface area contributed by atoms with Gasteiger partial charge in [-0.3, -0.25) is 4.79 Å². The lowest BCUT2D eigenvalue weighted by Gasteiger charge is -2.19. The number of benzene rings is 2. The molecule has 0 fully saturated rings. The predicted molar refractivity (Wildman–Crippen MR) is 85.0 cm³/mol. The zero-order chi connectivity index (χ0) is 15.0. The van der Waals surface area contributed by atoms with E-state index in [4.69, 9.17) is 32.7 Å². The van der Waals surface area contributed by atoms with Crippen molar-refractivity contribution in [3.63, 3.8) is 0 Å². The molecule has 0 bridgehead atoms. The quantitative estimate of drug-likeness (QED) is 0.697. The second kappa shape index (κ2) is 5.87. The van der Waals surface area contributed by atoms with Gasteiger partial charge in [-0.25, -0.2) is 0 Å². The third-order valence-corrected chi connectivity index (χ3v) is 4.26. The molecule has 0 aromatic heterocycles. The molecule has 2 aromatic carbocycles. The van der Waals surface area contributed by atoms with Gasteiger partial charge in [0.05, 0.1) is 5.02 Å². The molecule has 0 saturated carbocycles. The number of ketones is 1. The molecule has 1 aliphatic rings. The van der Waals surface area contributed by atoms with Crippen molar-refractivity contribution in [2.75, 3.05) is 13.2 Å². The number of halogens is 3. The first-order valence-corrected chi connectivity index (χ1v) is 7.70. The maximum atomic E-state index is 12.6. The Labute approximate surface area is 139 Å². The van der Waals surface area contributed by atoms with Crippen LogP contribution in [0.4, 0.5) is 0 Å². The molecule has 0 N–H and O–H groups in total. The lowest BCUT2D eigenvalue weighted by molar-refractivity contribution is 0.103. The van der Waals surface area contributed by atoms with Crippen molar-refractivity contribution in [3.05, 3.63) is 56.0 Å². The lowest BCUT2D eigenvalue weighted by atomic mass is 10.0. The van der Waals surface area contributed by atoms with Crippen LogP contribution in [0.25, 0.3) is 0 Å². The van der Waals surface area contributed by atoms with Crippen molar-refractivity contribution in [2.45, 2.75) is 0 Å². The van der Waals surface area contributed by atoms with Crippen LogP contribution in [0.3, 0.4) is 0 Å². The van der Waals surface area contributed by atoms with E-state index < -0.39 is 0 Å². The fourth-order valence-electron chi connectivity index (χ4n) is 2.06. The molecule has 108 valence electrons. The van der Waals surface area contributed by atoms with Gasteiger partial charge in [0.1, 0.15) is 13.2 Å². The second-order valence-electron chi connectivity index (χ2n) is 4.43. The average molecular weight is 388 g/mol.